The molecule has 3 N–H and O–H groups in total. The Labute approximate surface area is 103 Å². The third-order valence-corrected chi connectivity index (χ3v) is 4.55. The highest BCUT2D eigenvalue weighted by atomic mass is 32.2. The lowest BCUT2D eigenvalue weighted by atomic mass is 10.2. The Balaban J connectivity index is 1.74. The van der Waals surface area contributed by atoms with E-state index in [2.05, 4.69) is 10.3 Å². The molecule has 2 unspecified atom stereocenters. The Bertz CT molecular complexity index is 303. The molecule has 0 bridgehead atoms. The van der Waals surface area contributed by atoms with Gasteiger partial charge in [-0.15, -0.1) is 0 Å². The summed E-state index contributed by atoms with van der Waals surface area (Å²) in [5.74, 6) is 6.33. The molecule has 2 aliphatic rings. The van der Waals surface area contributed by atoms with Crippen molar-refractivity contribution in [2.24, 2.45) is 5.84 Å². The number of amides is 1. The van der Waals surface area contributed by atoms with Crippen LogP contribution in [0.3, 0.4) is 0 Å². The summed E-state index contributed by atoms with van der Waals surface area (Å²) in [6.07, 6.45) is 1.32. The van der Waals surface area contributed by atoms with E-state index < -0.39 is 16.9 Å². The molecule has 0 aliphatic carbocycles. The van der Waals surface area contributed by atoms with Gasteiger partial charge in [0, 0.05) is 41.9 Å². The van der Waals surface area contributed by atoms with Crippen LogP contribution in [0.1, 0.15) is 12.8 Å². The first-order valence-corrected chi connectivity index (χ1v) is 7.41. The number of hydrogen-bond donors (Lipinski definition) is 2. The Morgan fingerprint density at radius 1 is 1.41 bits per heavy atom. The van der Waals surface area contributed by atoms with Crippen LogP contribution in [0, 0.1) is 0 Å². The summed E-state index contributed by atoms with van der Waals surface area (Å²) in [6, 6.07) is 0. The number of hydrazine groups is 1. The van der Waals surface area contributed by atoms with Gasteiger partial charge in [0.05, 0.1) is 6.10 Å². The molecule has 0 aromatic carbocycles. The summed E-state index contributed by atoms with van der Waals surface area (Å²) >= 11 is 0. The Kier molecular flexibility index (Phi) is 4.49. The van der Waals surface area contributed by atoms with Crippen molar-refractivity contribution in [3.05, 3.63) is 0 Å². The number of rotatable bonds is 3. The van der Waals surface area contributed by atoms with Gasteiger partial charge in [-0.25, -0.2) is 5.84 Å². The zero-order valence-corrected chi connectivity index (χ0v) is 10.6. The van der Waals surface area contributed by atoms with Gasteiger partial charge < -0.3 is 4.74 Å². The summed E-state index contributed by atoms with van der Waals surface area (Å²) in [6.45, 7) is 2.55. The smallest absolute Gasteiger partial charge is 0.263 e. The number of carbonyl (C=O) groups excluding carboxylic acids is 1. The second kappa shape index (κ2) is 5.90. The molecule has 0 spiro atoms. The molecule has 6 nitrogen and oxygen atoms in total. The van der Waals surface area contributed by atoms with Crippen LogP contribution in [0.2, 0.25) is 0 Å². The van der Waals surface area contributed by atoms with Crippen LogP contribution in [-0.4, -0.2) is 58.4 Å². The summed E-state index contributed by atoms with van der Waals surface area (Å²) in [7, 11) is -0.643. The van der Waals surface area contributed by atoms with E-state index in [1.807, 2.05) is 0 Å². The fourth-order valence-corrected chi connectivity index (χ4v) is 3.40. The van der Waals surface area contributed by atoms with Crippen molar-refractivity contribution < 1.29 is 13.7 Å². The summed E-state index contributed by atoms with van der Waals surface area (Å²) in [5, 5.41) is 0. The minimum atomic E-state index is -0.643. The molecular formula is C10H19N3O3S. The van der Waals surface area contributed by atoms with Crippen molar-refractivity contribution in [1.82, 2.24) is 10.3 Å². The predicted octanol–water partition coefficient (Wildman–Crippen LogP) is -1.41. The molecule has 2 rings (SSSR count). The lowest BCUT2D eigenvalue weighted by molar-refractivity contribution is -0.132. The highest BCUT2D eigenvalue weighted by Crippen LogP contribution is 2.21. The number of carbonyl (C=O) groups is 1. The Hall–Kier alpha value is -0.500. The van der Waals surface area contributed by atoms with Crippen LogP contribution in [0.4, 0.5) is 0 Å². The number of nitrogens with one attached hydrogen (secondary N) is 1. The molecule has 2 saturated heterocycles. The van der Waals surface area contributed by atoms with E-state index in [0.717, 1.165) is 44.0 Å². The molecule has 1 amide bonds. The van der Waals surface area contributed by atoms with Crippen LogP contribution < -0.4 is 11.3 Å². The van der Waals surface area contributed by atoms with Gasteiger partial charge in [0.15, 0.2) is 0 Å². The largest absolute Gasteiger partial charge is 0.364 e. The van der Waals surface area contributed by atoms with E-state index in [1.54, 1.807) is 0 Å². The fourth-order valence-electron chi connectivity index (χ4n) is 2.27. The molecule has 2 heterocycles. The standard InChI is InChI=1S/C10H19N3O3S/c11-12-10(14)9-2-1-8(16-9)7-13-3-5-17(15)6-4-13/h8-9H,1-7,11H2,(H,12,14). The Morgan fingerprint density at radius 3 is 2.76 bits per heavy atom. The normalized spacial score (nSPS) is 31.6. The first kappa shape index (κ1) is 12.9. The molecule has 17 heavy (non-hydrogen) atoms. The summed E-state index contributed by atoms with van der Waals surface area (Å²) in [4.78, 5) is 13.5. The quantitative estimate of drug-likeness (QED) is 0.370. The molecule has 2 aliphatic heterocycles. The van der Waals surface area contributed by atoms with Crippen molar-refractivity contribution in [1.29, 1.82) is 0 Å². The highest BCUT2D eigenvalue weighted by molar-refractivity contribution is 7.85. The number of hydrogen-bond acceptors (Lipinski definition) is 5. The third-order valence-electron chi connectivity index (χ3n) is 3.27. The second-order valence-corrected chi connectivity index (χ2v) is 6.18. The molecule has 7 heteroatoms. The van der Waals surface area contributed by atoms with Gasteiger partial charge in [-0.2, -0.15) is 0 Å². The van der Waals surface area contributed by atoms with E-state index in [1.165, 1.54) is 0 Å². The zero-order chi connectivity index (χ0) is 12.3. The van der Waals surface area contributed by atoms with Crippen molar-refractivity contribution in [3.8, 4) is 0 Å². The minimum absolute atomic E-state index is 0.101. The number of nitrogens with zero attached hydrogens (tertiary/aromatic N) is 1. The van der Waals surface area contributed by atoms with E-state index >= 15 is 0 Å². The second-order valence-electron chi connectivity index (χ2n) is 4.48. The van der Waals surface area contributed by atoms with Crippen LogP contribution in [0.25, 0.3) is 0 Å². The maximum absolute atomic E-state index is 11.3. The zero-order valence-electron chi connectivity index (χ0n) is 9.76. The number of ether oxygens (including phenoxy) is 1. The van der Waals surface area contributed by atoms with E-state index in [9.17, 15) is 9.00 Å². The molecule has 2 fully saturated rings. The maximum atomic E-state index is 11.3. The highest BCUT2D eigenvalue weighted by Gasteiger charge is 2.31. The third kappa shape index (κ3) is 3.48. The SMILES string of the molecule is NNC(=O)C1CCC(CN2CCS(=O)CC2)O1. The Morgan fingerprint density at radius 2 is 2.12 bits per heavy atom. The van der Waals surface area contributed by atoms with Gasteiger partial charge in [0.2, 0.25) is 0 Å². The fraction of sp³-hybridized carbons (Fsp3) is 0.900. The number of nitrogens with two attached hydrogens (primary N) is 1. The van der Waals surface area contributed by atoms with Crippen molar-refractivity contribution in [3.63, 3.8) is 0 Å². The molecule has 0 aromatic heterocycles. The molecule has 0 saturated carbocycles. The molecule has 98 valence electrons. The van der Waals surface area contributed by atoms with E-state index in [0.29, 0.717) is 0 Å². The molecule has 2 atom stereocenters. The average Bonchev–Trinajstić information content (AvgIpc) is 2.80. The topological polar surface area (TPSA) is 84.7 Å². The van der Waals surface area contributed by atoms with Crippen LogP contribution >= 0.6 is 0 Å². The van der Waals surface area contributed by atoms with E-state index in [4.69, 9.17) is 10.6 Å². The first-order chi connectivity index (χ1) is 8.19. The maximum Gasteiger partial charge on any atom is 0.263 e. The average molecular weight is 261 g/mol. The van der Waals surface area contributed by atoms with Crippen molar-refractivity contribution in [2.75, 3.05) is 31.1 Å². The van der Waals surface area contributed by atoms with Crippen LogP contribution in [-0.2, 0) is 20.3 Å². The van der Waals surface area contributed by atoms with Gasteiger partial charge >= 0.3 is 0 Å². The van der Waals surface area contributed by atoms with Gasteiger partial charge in [-0.1, -0.05) is 0 Å². The van der Waals surface area contributed by atoms with Gasteiger partial charge in [0.1, 0.15) is 6.10 Å². The lowest BCUT2D eigenvalue weighted by Crippen LogP contribution is -2.43. The van der Waals surface area contributed by atoms with Gasteiger partial charge in [-0.3, -0.25) is 19.3 Å². The molecular weight excluding hydrogens is 242 g/mol. The van der Waals surface area contributed by atoms with E-state index in [-0.39, 0.29) is 12.0 Å². The first-order valence-electron chi connectivity index (χ1n) is 5.92. The minimum Gasteiger partial charge on any atom is -0.364 e. The van der Waals surface area contributed by atoms with Crippen LogP contribution in [0.5, 0.6) is 0 Å². The summed E-state index contributed by atoms with van der Waals surface area (Å²) < 4.78 is 16.8. The van der Waals surface area contributed by atoms with Crippen LogP contribution in [0.15, 0.2) is 0 Å². The van der Waals surface area contributed by atoms with Gasteiger partial charge in [-0.05, 0) is 12.8 Å². The van der Waals surface area contributed by atoms with Crippen molar-refractivity contribution >= 4 is 16.7 Å². The molecule has 0 radical (unpaired) electrons. The lowest BCUT2D eigenvalue weighted by Gasteiger charge is -2.28. The predicted molar refractivity (Wildman–Crippen MR) is 64.5 cm³/mol. The summed E-state index contributed by atoms with van der Waals surface area (Å²) in [5.41, 5.74) is 2.12. The van der Waals surface area contributed by atoms with Gasteiger partial charge in [0.25, 0.3) is 5.91 Å². The van der Waals surface area contributed by atoms with Crippen molar-refractivity contribution in [2.45, 2.75) is 25.0 Å². The molecule has 0 aromatic rings. The monoisotopic (exact) mass is 261 g/mol.